The van der Waals surface area contributed by atoms with Crippen LogP contribution in [0, 0.1) is 16.0 Å². The van der Waals surface area contributed by atoms with E-state index in [1.165, 1.54) is 41.4 Å². The molecule has 0 bridgehead atoms. The quantitative estimate of drug-likeness (QED) is 0.150. The number of rotatable bonds is 7. The highest BCUT2D eigenvalue weighted by Crippen LogP contribution is 2.57. The number of carbonyl (C=O) groups is 3. The molecule has 0 saturated carbocycles. The number of ketones is 1. The van der Waals surface area contributed by atoms with Gasteiger partial charge in [-0.15, -0.1) is 11.3 Å². The van der Waals surface area contributed by atoms with Gasteiger partial charge >= 0.3 is 5.97 Å². The van der Waals surface area contributed by atoms with Gasteiger partial charge in [0.1, 0.15) is 5.54 Å². The predicted molar refractivity (Wildman–Crippen MR) is 151 cm³/mol. The fourth-order valence-corrected chi connectivity index (χ4v) is 6.52. The molecule has 1 amide bonds. The maximum absolute atomic E-state index is 14.3. The minimum Gasteiger partial charge on any atom is -0.479 e. The first-order valence-corrected chi connectivity index (χ1v) is 13.6. The zero-order valence-electron chi connectivity index (χ0n) is 21.1. The normalized spacial score (nSPS) is 22.1. The Balaban J connectivity index is 1.84. The minimum atomic E-state index is -1.92. The molecule has 1 N–H and O–H groups in total. The maximum Gasteiger partial charge on any atom is 0.330 e. The number of hydrogen-bond donors (Lipinski definition) is 1. The predicted octanol–water partition coefficient (Wildman–Crippen LogP) is 6.63. The summed E-state index contributed by atoms with van der Waals surface area (Å²) in [5.41, 5.74) is -1.14. The Kier molecular flexibility index (Phi) is 7.27. The molecule has 4 aromatic rings. The van der Waals surface area contributed by atoms with Crippen molar-refractivity contribution in [3.8, 4) is 0 Å². The van der Waals surface area contributed by atoms with Crippen LogP contribution in [-0.4, -0.2) is 38.1 Å². The van der Waals surface area contributed by atoms with Gasteiger partial charge in [0.25, 0.3) is 11.6 Å². The average Bonchev–Trinajstić information content (AvgIpc) is 3.59. The van der Waals surface area contributed by atoms with Gasteiger partial charge in [0, 0.05) is 28.6 Å². The lowest BCUT2D eigenvalue weighted by molar-refractivity contribution is -0.385. The fraction of sp³-hybridized carbons (Fsp3) is 0.167. The molecule has 1 aliphatic rings. The van der Waals surface area contributed by atoms with E-state index in [0.29, 0.717) is 15.5 Å². The Hall–Kier alpha value is -4.34. The molecule has 1 fully saturated rings. The van der Waals surface area contributed by atoms with Crippen molar-refractivity contribution in [1.29, 1.82) is 0 Å². The van der Waals surface area contributed by atoms with Gasteiger partial charge < -0.3 is 10.0 Å². The molecule has 2 heterocycles. The van der Waals surface area contributed by atoms with Crippen molar-refractivity contribution >= 4 is 46.3 Å². The van der Waals surface area contributed by atoms with E-state index >= 15 is 0 Å². The van der Waals surface area contributed by atoms with Crippen LogP contribution in [0.5, 0.6) is 0 Å². The summed E-state index contributed by atoms with van der Waals surface area (Å²) in [5.74, 6) is -4.39. The molecule has 202 valence electrons. The standard InChI is InChI=1S/C30H23ClN2O6S/c1-30(29(36)37)25(18-12-14-21(31)15-13-18)24(27(34)23-11-6-16-40-23)26(20-9-5-10-22(17-20)33(38)39)32(30)28(35)19-7-3-2-4-8-19/h2-17,24-26H,1H3,(H,36,37). The van der Waals surface area contributed by atoms with Crippen LogP contribution in [0.25, 0.3) is 0 Å². The molecular weight excluding hydrogens is 552 g/mol. The van der Waals surface area contributed by atoms with Crippen LogP contribution < -0.4 is 0 Å². The molecule has 4 atom stereocenters. The van der Waals surface area contributed by atoms with Crippen molar-refractivity contribution in [2.45, 2.75) is 24.4 Å². The number of Topliss-reactive ketones (excluding diaryl/α,β-unsaturated/α-hetero) is 1. The maximum atomic E-state index is 14.3. The van der Waals surface area contributed by atoms with E-state index in [-0.39, 0.29) is 22.6 Å². The summed E-state index contributed by atoms with van der Waals surface area (Å²) in [4.78, 5) is 54.6. The van der Waals surface area contributed by atoms with Gasteiger partial charge in [-0.05, 0) is 53.8 Å². The average molecular weight is 575 g/mol. The number of non-ortho nitro benzene ring substituents is 1. The van der Waals surface area contributed by atoms with Crippen LogP contribution in [0.4, 0.5) is 5.69 Å². The summed E-state index contributed by atoms with van der Waals surface area (Å²) in [6, 6.07) is 22.6. The second kappa shape index (κ2) is 10.7. The second-order valence-electron chi connectivity index (χ2n) is 9.69. The molecule has 8 nitrogen and oxygen atoms in total. The van der Waals surface area contributed by atoms with E-state index in [1.807, 2.05) is 0 Å². The zero-order valence-corrected chi connectivity index (χ0v) is 22.7. The highest BCUT2D eigenvalue weighted by molar-refractivity contribution is 7.12. The topological polar surface area (TPSA) is 118 Å². The molecule has 0 aliphatic carbocycles. The van der Waals surface area contributed by atoms with Gasteiger partial charge in [0.05, 0.1) is 21.8 Å². The first-order chi connectivity index (χ1) is 19.1. The van der Waals surface area contributed by atoms with Crippen LogP contribution in [0.2, 0.25) is 5.02 Å². The van der Waals surface area contributed by atoms with Crippen molar-refractivity contribution < 1.29 is 24.4 Å². The van der Waals surface area contributed by atoms with Gasteiger partial charge in [-0.2, -0.15) is 0 Å². The molecule has 4 unspecified atom stereocenters. The highest BCUT2D eigenvalue weighted by Gasteiger charge is 2.65. The van der Waals surface area contributed by atoms with E-state index in [9.17, 15) is 29.6 Å². The second-order valence-corrected chi connectivity index (χ2v) is 11.1. The number of nitrogens with zero attached hydrogens (tertiary/aromatic N) is 2. The molecule has 0 radical (unpaired) electrons. The summed E-state index contributed by atoms with van der Waals surface area (Å²) >= 11 is 7.36. The summed E-state index contributed by atoms with van der Waals surface area (Å²) in [6.45, 7) is 1.43. The number of hydrogen-bond acceptors (Lipinski definition) is 6. The summed E-state index contributed by atoms with van der Waals surface area (Å²) in [5, 5.41) is 24.7. The van der Waals surface area contributed by atoms with Crippen LogP contribution in [0.3, 0.4) is 0 Å². The van der Waals surface area contributed by atoms with Crippen LogP contribution in [-0.2, 0) is 4.79 Å². The Morgan fingerprint density at radius 1 is 0.950 bits per heavy atom. The van der Waals surface area contributed by atoms with E-state index in [0.717, 1.165) is 0 Å². The summed E-state index contributed by atoms with van der Waals surface area (Å²) in [6.07, 6.45) is 0. The first-order valence-electron chi connectivity index (χ1n) is 12.3. The highest BCUT2D eigenvalue weighted by atomic mass is 35.5. The Morgan fingerprint density at radius 3 is 2.25 bits per heavy atom. The van der Waals surface area contributed by atoms with Crippen molar-refractivity contribution in [2.75, 3.05) is 0 Å². The third-order valence-electron chi connectivity index (χ3n) is 7.47. The Bertz CT molecular complexity index is 1590. The zero-order chi connectivity index (χ0) is 28.6. The van der Waals surface area contributed by atoms with E-state index in [1.54, 1.807) is 78.2 Å². The van der Waals surface area contributed by atoms with Gasteiger partial charge in [0.2, 0.25) is 0 Å². The number of thiophene rings is 1. The van der Waals surface area contributed by atoms with Crippen LogP contribution in [0.1, 0.15) is 50.0 Å². The van der Waals surface area contributed by atoms with Crippen LogP contribution >= 0.6 is 22.9 Å². The van der Waals surface area contributed by atoms with Gasteiger partial charge in [-0.1, -0.05) is 60.1 Å². The Morgan fingerprint density at radius 2 is 1.65 bits per heavy atom. The van der Waals surface area contributed by atoms with Crippen molar-refractivity contribution in [1.82, 2.24) is 4.90 Å². The number of nitro benzene ring substituents is 1. The molecule has 1 saturated heterocycles. The number of halogens is 1. The smallest absolute Gasteiger partial charge is 0.330 e. The van der Waals surface area contributed by atoms with Crippen LogP contribution in [0.15, 0.2) is 96.4 Å². The van der Waals surface area contributed by atoms with Gasteiger partial charge in [-0.25, -0.2) is 4.79 Å². The van der Waals surface area contributed by atoms with E-state index in [2.05, 4.69) is 0 Å². The lowest BCUT2D eigenvalue weighted by atomic mass is 9.72. The SMILES string of the molecule is CC1(C(=O)O)C(c2ccc(Cl)cc2)C(C(=O)c2cccs2)C(c2cccc([N+](=O)[O-])c2)N1C(=O)c1ccccc1. The summed E-state index contributed by atoms with van der Waals surface area (Å²) < 4.78 is 0. The van der Waals surface area contributed by atoms with Gasteiger partial charge in [-0.3, -0.25) is 19.7 Å². The van der Waals surface area contributed by atoms with Crippen molar-refractivity contribution in [3.63, 3.8) is 0 Å². The van der Waals surface area contributed by atoms with Crippen molar-refractivity contribution in [2.24, 2.45) is 5.92 Å². The minimum absolute atomic E-state index is 0.226. The number of carboxylic acids is 1. The number of benzene rings is 3. The number of aliphatic carboxylic acids is 1. The van der Waals surface area contributed by atoms with Crippen molar-refractivity contribution in [3.05, 3.63) is 133 Å². The lowest BCUT2D eigenvalue weighted by Crippen LogP contribution is -2.54. The number of likely N-dealkylation sites (tertiary alicyclic amines) is 1. The number of carbonyl (C=O) groups excluding carboxylic acids is 2. The first kappa shape index (κ1) is 27.2. The fourth-order valence-electron chi connectivity index (χ4n) is 5.68. The Labute approximate surface area is 238 Å². The molecule has 1 aliphatic heterocycles. The molecule has 1 aromatic heterocycles. The molecule has 10 heteroatoms. The largest absolute Gasteiger partial charge is 0.479 e. The lowest BCUT2D eigenvalue weighted by Gasteiger charge is -2.38. The molecule has 0 spiro atoms. The van der Waals surface area contributed by atoms with E-state index < -0.39 is 40.2 Å². The summed E-state index contributed by atoms with van der Waals surface area (Å²) in [7, 11) is 0. The number of nitro groups is 1. The third-order valence-corrected chi connectivity index (χ3v) is 8.61. The number of amides is 1. The monoisotopic (exact) mass is 574 g/mol. The molecule has 40 heavy (non-hydrogen) atoms. The van der Waals surface area contributed by atoms with E-state index in [4.69, 9.17) is 11.6 Å². The third kappa shape index (κ3) is 4.57. The molecule has 3 aromatic carbocycles. The number of carboxylic acid groups (broad SMARTS) is 1. The van der Waals surface area contributed by atoms with Gasteiger partial charge in [0.15, 0.2) is 5.78 Å². The molecule has 5 rings (SSSR count). The molecular formula is C30H23ClN2O6S.